The number of fused-ring (bicyclic) bond motifs is 3. The summed E-state index contributed by atoms with van der Waals surface area (Å²) < 4.78 is 16.3. The lowest BCUT2D eigenvalue weighted by Crippen LogP contribution is -2.60. The molecule has 8 heteroatoms. The maximum atomic E-state index is 12.1. The Hall–Kier alpha value is -1.97. The predicted octanol–water partition coefficient (Wildman–Crippen LogP) is -0.540. The van der Waals surface area contributed by atoms with Crippen LogP contribution in [-0.2, 0) is 17.6 Å². The highest BCUT2D eigenvalue weighted by Crippen LogP contribution is 2.31. The lowest BCUT2D eigenvalue weighted by atomic mass is 9.99. The summed E-state index contributed by atoms with van der Waals surface area (Å²) in [4.78, 5) is 12.1. The van der Waals surface area contributed by atoms with Gasteiger partial charge in [-0.1, -0.05) is 0 Å². The van der Waals surface area contributed by atoms with E-state index in [1.54, 1.807) is 12.1 Å². The Bertz CT molecular complexity index is 873. The van der Waals surface area contributed by atoms with E-state index < -0.39 is 37.3 Å². The normalized spacial score (nSPS) is 31.2. The average Bonchev–Trinajstić information content (AvgIpc) is 3.13. The van der Waals surface area contributed by atoms with Crippen LogP contribution >= 0.6 is 0 Å². The molecule has 4 rings (SSSR count). The molecule has 0 bridgehead atoms. The Morgan fingerprint density at radius 1 is 1.08 bits per heavy atom. The van der Waals surface area contributed by atoms with Crippen LogP contribution in [0.4, 0.5) is 0 Å². The van der Waals surface area contributed by atoms with Gasteiger partial charge in [0.2, 0.25) is 6.29 Å². The topological polar surface area (TPSA) is 130 Å². The van der Waals surface area contributed by atoms with Gasteiger partial charge in [-0.15, -0.1) is 0 Å². The molecule has 1 fully saturated rings. The minimum absolute atomic E-state index is 0.267. The number of aliphatic hydroxyl groups is 4. The van der Waals surface area contributed by atoms with Crippen LogP contribution in [0.5, 0.6) is 5.75 Å². The Morgan fingerprint density at radius 2 is 1.85 bits per heavy atom. The lowest BCUT2D eigenvalue weighted by Gasteiger charge is -2.39. The van der Waals surface area contributed by atoms with Crippen molar-refractivity contribution < 1.29 is 34.3 Å². The van der Waals surface area contributed by atoms with Gasteiger partial charge in [-0.2, -0.15) is 0 Å². The Morgan fingerprint density at radius 3 is 2.62 bits per heavy atom. The summed E-state index contributed by atoms with van der Waals surface area (Å²) in [6, 6.07) is 4.96. The van der Waals surface area contributed by atoms with Gasteiger partial charge in [0.05, 0.1) is 6.61 Å². The third-order valence-electron chi connectivity index (χ3n) is 5.05. The molecule has 1 aliphatic heterocycles. The summed E-state index contributed by atoms with van der Waals surface area (Å²) in [6.07, 6.45) is -4.36. The lowest BCUT2D eigenvalue weighted by molar-refractivity contribution is -0.277. The van der Waals surface area contributed by atoms with E-state index in [9.17, 15) is 25.2 Å². The molecular weight excluding hydrogens is 344 g/mol. The number of benzene rings is 1. The van der Waals surface area contributed by atoms with E-state index in [0.29, 0.717) is 5.58 Å². The minimum atomic E-state index is -1.52. The first-order valence-corrected chi connectivity index (χ1v) is 8.55. The first-order chi connectivity index (χ1) is 12.5. The van der Waals surface area contributed by atoms with Crippen LogP contribution in [-0.4, -0.2) is 57.7 Å². The SMILES string of the molecule is O=c1oc2cc(OC3OC(CO)C(O)C(O)C3O)ccc2c2c1CCC2. The van der Waals surface area contributed by atoms with Crippen molar-refractivity contribution in [3.8, 4) is 5.75 Å². The molecule has 1 aliphatic carbocycles. The molecule has 0 radical (unpaired) electrons. The Balaban J connectivity index is 1.63. The van der Waals surface area contributed by atoms with Crippen LogP contribution in [0.2, 0.25) is 0 Å². The van der Waals surface area contributed by atoms with Gasteiger partial charge in [0.25, 0.3) is 0 Å². The third kappa shape index (κ3) is 2.80. The second kappa shape index (κ2) is 6.64. The zero-order valence-corrected chi connectivity index (χ0v) is 13.9. The molecule has 140 valence electrons. The summed E-state index contributed by atoms with van der Waals surface area (Å²) in [6.45, 7) is -0.538. The van der Waals surface area contributed by atoms with Crippen LogP contribution in [0, 0.1) is 0 Å². The quantitative estimate of drug-likeness (QED) is 0.535. The highest BCUT2D eigenvalue weighted by atomic mass is 16.7. The van der Waals surface area contributed by atoms with Crippen molar-refractivity contribution in [3.05, 3.63) is 39.7 Å². The van der Waals surface area contributed by atoms with Crippen molar-refractivity contribution in [2.24, 2.45) is 0 Å². The molecule has 4 N–H and O–H groups in total. The smallest absolute Gasteiger partial charge is 0.339 e. The molecule has 0 spiro atoms. The molecule has 5 atom stereocenters. The largest absolute Gasteiger partial charge is 0.462 e. The van der Waals surface area contributed by atoms with E-state index in [2.05, 4.69) is 0 Å². The molecule has 8 nitrogen and oxygen atoms in total. The maximum absolute atomic E-state index is 12.1. The standard InChI is InChI=1S/C18H20O8/c19-7-13-14(20)15(21)16(22)18(26-13)24-8-4-5-10-9-2-1-3-11(9)17(23)25-12(10)6-8/h4-6,13-16,18-22H,1-3,7H2. The van der Waals surface area contributed by atoms with Crippen LogP contribution in [0.3, 0.4) is 0 Å². The van der Waals surface area contributed by atoms with Gasteiger partial charge in [-0.05, 0) is 37.0 Å². The molecule has 26 heavy (non-hydrogen) atoms. The Kier molecular flexibility index (Phi) is 4.45. The summed E-state index contributed by atoms with van der Waals surface area (Å²) in [7, 11) is 0. The summed E-state index contributed by atoms with van der Waals surface area (Å²) in [5.41, 5.74) is 1.74. The average molecular weight is 364 g/mol. The fraction of sp³-hybridized carbons (Fsp3) is 0.500. The van der Waals surface area contributed by atoms with E-state index in [1.165, 1.54) is 6.07 Å². The number of aliphatic hydroxyl groups excluding tert-OH is 4. The molecule has 1 aromatic heterocycles. The maximum Gasteiger partial charge on any atom is 0.339 e. The van der Waals surface area contributed by atoms with Crippen molar-refractivity contribution in [2.75, 3.05) is 6.61 Å². The van der Waals surface area contributed by atoms with E-state index in [0.717, 1.165) is 35.8 Å². The van der Waals surface area contributed by atoms with Crippen molar-refractivity contribution in [1.29, 1.82) is 0 Å². The van der Waals surface area contributed by atoms with E-state index >= 15 is 0 Å². The molecular formula is C18H20O8. The van der Waals surface area contributed by atoms with Crippen LogP contribution < -0.4 is 10.4 Å². The molecule has 0 saturated carbocycles. The minimum Gasteiger partial charge on any atom is -0.462 e. The molecule has 2 aliphatic rings. The molecule has 5 unspecified atom stereocenters. The van der Waals surface area contributed by atoms with Gasteiger partial charge in [0.15, 0.2) is 0 Å². The van der Waals surface area contributed by atoms with Gasteiger partial charge in [0, 0.05) is 17.0 Å². The highest BCUT2D eigenvalue weighted by Gasteiger charge is 2.44. The van der Waals surface area contributed by atoms with Crippen LogP contribution in [0.15, 0.2) is 27.4 Å². The van der Waals surface area contributed by atoms with Gasteiger partial charge < -0.3 is 34.3 Å². The van der Waals surface area contributed by atoms with Gasteiger partial charge in [-0.3, -0.25) is 0 Å². The number of aryl methyl sites for hydroxylation is 1. The predicted molar refractivity (Wildman–Crippen MR) is 88.9 cm³/mol. The first-order valence-electron chi connectivity index (χ1n) is 8.55. The van der Waals surface area contributed by atoms with Crippen LogP contribution in [0.1, 0.15) is 17.5 Å². The van der Waals surface area contributed by atoms with Gasteiger partial charge in [0.1, 0.15) is 35.7 Å². The third-order valence-corrected chi connectivity index (χ3v) is 5.05. The fourth-order valence-electron chi connectivity index (χ4n) is 3.64. The second-order valence-corrected chi connectivity index (χ2v) is 6.67. The van der Waals surface area contributed by atoms with Gasteiger partial charge in [-0.25, -0.2) is 4.79 Å². The van der Waals surface area contributed by atoms with Crippen molar-refractivity contribution in [2.45, 2.75) is 50.0 Å². The number of ether oxygens (including phenoxy) is 2. The van der Waals surface area contributed by atoms with E-state index in [1.807, 2.05) is 0 Å². The zero-order valence-electron chi connectivity index (χ0n) is 13.9. The zero-order chi connectivity index (χ0) is 18.4. The molecule has 1 saturated heterocycles. The summed E-state index contributed by atoms with van der Waals surface area (Å²) >= 11 is 0. The Labute approximate surface area is 148 Å². The molecule has 2 heterocycles. The fourth-order valence-corrected chi connectivity index (χ4v) is 3.64. The van der Waals surface area contributed by atoms with Crippen molar-refractivity contribution >= 4 is 11.0 Å². The molecule has 1 aromatic carbocycles. The van der Waals surface area contributed by atoms with Crippen molar-refractivity contribution in [1.82, 2.24) is 0 Å². The second-order valence-electron chi connectivity index (χ2n) is 6.67. The number of rotatable bonds is 3. The van der Waals surface area contributed by atoms with E-state index in [-0.39, 0.29) is 11.4 Å². The van der Waals surface area contributed by atoms with E-state index in [4.69, 9.17) is 13.9 Å². The van der Waals surface area contributed by atoms with Crippen LogP contribution in [0.25, 0.3) is 11.0 Å². The number of hydrogen-bond donors (Lipinski definition) is 4. The molecule has 2 aromatic rings. The van der Waals surface area contributed by atoms with Gasteiger partial charge >= 0.3 is 5.63 Å². The van der Waals surface area contributed by atoms with Crippen molar-refractivity contribution in [3.63, 3.8) is 0 Å². The number of hydrogen-bond acceptors (Lipinski definition) is 8. The summed E-state index contributed by atoms with van der Waals surface area (Å²) in [5, 5.41) is 39.8. The highest BCUT2D eigenvalue weighted by molar-refractivity contribution is 5.83. The summed E-state index contributed by atoms with van der Waals surface area (Å²) in [5.74, 6) is 0.267. The first kappa shape index (κ1) is 17.4. The monoisotopic (exact) mass is 364 g/mol. The molecule has 0 amide bonds.